The summed E-state index contributed by atoms with van der Waals surface area (Å²) in [5.74, 6) is 0.882. The third-order valence-electron chi connectivity index (χ3n) is 4.34. The molecule has 0 aliphatic carbocycles. The highest BCUT2D eigenvalue weighted by molar-refractivity contribution is 7.14. The third-order valence-corrected chi connectivity index (χ3v) is 5.10. The number of carbonyl (C=O) groups excluding carboxylic acids is 1. The van der Waals surface area contributed by atoms with Crippen LogP contribution in [0.3, 0.4) is 0 Å². The van der Waals surface area contributed by atoms with Gasteiger partial charge in [-0.25, -0.2) is 9.78 Å². The fourth-order valence-corrected chi connectivity index (χ4v) is 3.59. The van der Waals surface area contributed by atoms with E-state index in [9.17, 15) is 9.59 Å². The first-order chi connectivity index (χ1) is 14.6. The summed E-state index contributed by atoms with van der Waals surface area (Å²) in [6, 6.07) is 12.6. The number of aromatic amines is 1. The monoisotopic (exact) mass is 425 g/mol. The van der Waals surface area contributed by atoms with Gasteiger partial charge in [-0.2, -0.15) is 0 Å². The number of hydrogen-bond acceptors (Lipinski definition) is 7. The van der Waals surface area contributed by atoms with E-state index in [0.29, 0.717) is 41.4 Å². The minimum atomic E-state index is -0.496. The Balaban J connectivity index is 1.27. The van der Waals surface area contributed by atoms with Crippen LogP contribution in [0.15, 0.2) is 57.1 Å². The van der Waals surface area contributed by atoms with Crippen LogP contribution in [0.25, 0.3) is 22.4 Å². The van der Waals surface area contributed by atoms with Crippen LogP contribution in [0.4, 0.5) is 5.13 Å². The molecule has 0 saturated carbocycles. The zero-order valence-corrected chi connectivity index (χ0v) is 17.0. The van der Waals surface area contributed by atoms with Crippen LogP contribution < -0.4 is 20.5 Å². The van der Waals surface area contributed by atoms with E-state index in [-0.39, 0.29) is 5.91 Å². The maximum absolute atomic E-state index is 12.2. The Morgan fingerprint density at radius 3 is 2.80 bits per heavy atom. The summed E-state index contributed by atoms with van der Waals surface area (Å²) in [7, 11) is 1.61. The van der Waals surface area contributed by atoms with Crippen molar-refractivity contribution in [3.8, 4) is 22.8 Å². The van der Waals surface area contributed by atoms with Gasteiger partial charge in [0, 0.05) is 17.4 Å². The molecule has 9 heteroatoms. The second kappa shape index (κ2) is 8.83. The highest BCUT2D eigenvalue weighted by atomic mass is 32.1. The minimum absolute atomic E-state index is 0.121. The summed E-state index contributed by atoms with van der Waals surface area (Å²) in [5.41, 5.74) is 2.63. The van der Waals surface area contributed by atoms with Gasteiger partial charge in [-0.05, 0) is 48.9 Å². The van der Waals surface area contributed by atoms with Crippen molar-refractivity contribution in [2.24, 2.45) is 0 Å². The van der Waals surface area contributed by atoms with Gasteiger partial charge in [0.15, 0.2) is 10.7 Å². The van der Waals surface area contributed by atoms with Crippen molar-refractivity contribution < 1.29 is 18.7 Å². The number of carbonyl (C=O) groups is 1. The number of rotatable bonds is 8. The van der Waals surface area contributed by atoms with Crippen molar-refractivity contribution in [2.45, 2.75) is 12.8 Å². The van der Waals surface area contributed by atoms with Crippen molar-refractivity contribution in [1.29, 1.82) is 0 Å². The number of thiazole rings is 1. The number of hydrogen-bond donors (Lipinski definition) is 2. The van der Waals surface area contributed by atoms with Gasteiger partial charge in [0.25, 0.3) is 0 Å². The van der Waals surface area contributed by atoms with Gasteiger partial charge >= 0.3 is 5.76 Å². The maximum Gasteiger partial charge on any atom is 0.417 e. The number of fused-ring (bicyclic) bond motifs is 1. The second-order valence-corrected chi connectivity index (χ2v) is 7.30. The molecule has 0 unspecified atom stereocenters. The lowest BCUT2D eigenvalue weighted by Crippen LogP contribution is -2.12. The predicted octanol–water partition coefficient (Wildman–Crippen LogP) is 4.05. The molecule has 0 aliphatic heterocycles. The van der Waals surface area contributed by atoms with Crippen LogP contribution in [-0.2, 0) is 4.79 Å². The van der Waals surface area contributed by atoms with Gasteiger partial charge in [0.1, 0.15) is 11.5 Å². The highest BCUT2D eigenvalue weighted by Crippen LogP contribution is 2.27. The van der Waals surface area contributed by atoms with E-state index in [1.807, 2.05) is 35.7 Å². The minimum Gasteiger partial charge on any atom is -0.497 e. The standard InChI is InChI=1S/C21H19N3O5S/c1-27-14-5-7-15(8-6-14)28-10-2-3-19(25)24-20-22-17(12-30-20)13-4-9-18-16(11-13)23-21(26)29-18/h4-9,11-12H,2-3,10H2,1H3,(H,23,26)(H,22,24,25). The average Bonchev–Trinajstić information content (AvgIpc) is 3.36. The Morgan fingerprint density at radius 2 is 2.00 bits per heavy atom. The van der Waals surface area contributed by atoms with Crippen molar-refractivity contribution in [3.05, 3.63) is 58.4 Å². The lowest BCUT2D eigenvalue weighted by Gasteiger charge is -2.07. The molecule has 0 fully saturated rings. The van der Waals surface area contributed by atoms with Crippen molar-refractivity contribution in [2.75, 3.05) is 19.0 Å². The number of nitrogens with zero attached hydrogens (tertiary/aromatic N) is 1. The molecule has 8 nitrogen and oxygen atoms in total. The number of ether oxygens (including phenoxy) is 2. The van der Waals surface area contributed by atoms with E-state index in [2.05, 4.69) is 15.3 Å². The Morgan fingerprint density at radius 1 is 1.20 bits per heavy atom. The van der Waals surface area contributed by atoms with Gasteiger partial charge in [0.05, 0.1) is 24.9 Å². The van der Waals surface area contributed by atoms with E-state index < -0.39 is 5.76 Å². The molecular formula is C21H19N3O5S. The van der Waals surface area contributed by atoms with Crippen molar-refractivity contribution in [3.63, 3.8) is 0 Å². The molecule has 2 aromatic heterocycles. The molecule has 0 saturated heterocycles. The fourth-order valence-electron chi connectivity index (χ4n) is 2.85. The molecule has 2 N–H and O–H groups in total. The number of benzene rings is 2. The van der Waals surface area contributed by atoms with Gasteiger partial charge in [0.2, 0.25) is 5.91 Å². The Bertz CT molecular complexity index is 1210. The van der Waals surface area contributed by atoms with Gasteiger partial charge in [-0.3, -0.25) is 9.78 Å². The number of methoxy groups -OCH3 is 1. The topological polar surface area (TPSA) is 106 Å². The number of oxazole rings is 1. The number of amides is 1. The first-order valence-corrected chi connectivity index (χ1v) is 10.1. The van der Waals surface area contributed by atoms with Crippen LogP contribution in [0.2, 0.25) is 0 Å². The molecule has 0 aliphatic rings. The third kappa shape index (κ3) is 4.69. The Kier molecular flexibility index (Phi) is 5.80. The van der Waals surface area contributed by atoms with Crippen LogP contribution in [0, 0.1) is 0 Å². The van der Waals surface area contributed by atoms with E-state index >= 15 is 0 Å². The Hall–Kier alpha value is -3.59. The van der Waals surface area contributed by atoms with E-state index in [4.69, 9.17) is 13.9 Å². The lowest BCUT2D eigenvalue weighted by atomic mass is 10.1. The average molecular weight is 425 g/mol. The molecule has 4 rings (SSSR count). The van der Waals surface area contributed by atoms with Crippen LogP contribution >= 0.6 is 11.3 Å². The van der Waals surface area contributed by atoms with E-state index in [1.165, 1.54) is 11.3 Å². The smallest absolute Gasteiger partial charge is 0.417 e. The predicted molar refractivity (Wildman–Crippen MR) is 114 cm³/mol. The van der Waals surface area contributed by atoms with Crippen LogP contribution in [0.5, 0.6) is 11.5 Å². The first kappa shape index (κ1) is 19.7. The van der Waals surface area contributed by atoms with Gasteiger partial charge < -0.3 is 19.2 Å². The normalized spacial score (nSPS) is 10.8. The number of H-pyrrole nitrogens is 1. The summed E-state index contributed by atoms with van der Waals surface area (Å²) in [4.78, 5) is 30.5. The Labute approximate surface area is 175 Å². The quantitative estimate of drug-likeness (QED) is 0.413. The molecule has 30 heavy (non-hydrogen) atoms. The van der Waals surface area contributed by atoms with E-state index in [0.717, 1.165) is 17.1 Å². The second-order valence-electron chi connectivity index (χ2n) is 6.44. The van der Waals surface area contributed by atoms with Crippen LogP contribution in [-0.4, -0.2) is 29.6 Å². The molecule has 154 valence electrons. The van der Waals surface area contributed by atoms with Crippen molar-refractivity contribution in [1.82, 2.24) is 9.97 Å². The summed E-state index contributed by atoms with van der Waals surface area (Å²) in [6.45, 7) is 0.436. The SMILES string of the molecule is COc1ccc(OCCCC(=O)Nc2nc(-c3ccc4oc(=O)[nH]c4c3)cs2)cc1. The molecule has 0 atom stereocenters. The van der Waals surface area contributed by atoms with Gasteiger partial charge in [-0.1, -0.05) is 0 Å². The molecule has 0 radical (unpaired) electrons. The first-order valence-electron chi connectivity index (χ1n) is 9.26. The molecule has 0 bridgehead atoms. The lowest BCUT2D eigenvalue weighted by molar-refractivity contribution is -0.116. The molecular weight excluding hydrogens is 406 g/mol. The van der Waals surface area contributed by atoms with Gasteiger partial charge in [-0.15, -0.1) is 11.3 Å². The molecule has 2 aromatic carbocycles. The van der Waals surface area contributed by atoms with Crippen molar-refractivity contribution >= 4 is 33.5 Å². The van der Waals surface area contributed by atoms with E-state index in [1.54, 1.807) is 19.2 Å². The maximum atomic E-state index is 12.2. The zero-order valence-electron chi connectivity index (χ0n) is 16.1. The fraction of sp³-hybridized carbons (Fsp3) is 0.190. The molecule has 4 aromatic rings. The highest BCUT2D eigenvalue weighted by Gasteiger charge is 2.10. The molecule has 1 amide bonds. The summed E-state index contributed by atoms with van der Waals surface area (Å²) >= 11 is 1.34. The number of aromatic nitrogens is 2. The molecule has 2 heterocycles. The zero-order chi connectivity index (χ0) is 20.9. The summed E-state index contributed by atoms with van der Waals surface area (Å²) in [6.07, 6.45) is 0.911. The van der Waals surface area contributed by atoms with Crippen LogP contribution in [0.1, 0.15) is 12.8 Å². The summed E-state index contributed by atoms with van der Waals surface area (Å²) in [5, 5.41) is 5.18. The summed E-state index contributed by atoms with van der Waals surface area (Å²) < 4.78 is 15.7. The number of anilines is 1. The number of nitrogens with one attached hydrogen (secondary N) is 2. The molecule has 0 spiro atoms. The largest absolute Gasteiger partial charge is 0.497 e.